The highest BCUT2D eigenvalue weighted by Crippen LogP contribution is 2.36. The SMILES string of the molecule is Cc1cccc(N2CCN(S(=O)(=O)c3ccc4c(c3)N(Cc3noc(C)n3)C(=O)CO4)CC2C)c1. The lowest BCUT2D eigenvalue weighted by atomic mass is 10.1. The number of ether oxygens (including phenoxy) is 1. The molecule has 1 amide bonds. The Bertz CT molecular complexity index is 1370. The first-order valence-electron chi connectivity index (χ1n) is 11.4. The van der Waals surface area contributed by atoms with Crippen LogP contribution in [-0.2, 0) is 21.4 Å². The normalized spacial score (nSPS) is 18.9. The highest BCUT2D eigenvalue weighted by molar-refractivity contribution is 7.89. The zero-order valence-electron chi connectivity index (χ0n) is 19.8. The van der Waals surface area contributed by atoms with Crippen molar-refractivity contribution in [3.8, 4) is 5.75 Å². The smallest absolute Gasteiger partial charge is 0.265 e. The first kappa shape index (κ1) is 23.3. The second-order valence-electron chi connectivity index (χ2n) is 8.87. The molecule has 2 aliphatic rings. The summed E-state index contributed by atoms with van der Waals surface area (Å²) in [6.45, 7) is 6.94. The maximum absolute atomic E-state index is 13.6. The molecule has 1 fully saturated rings. The lowest BCUT2D eigenvalue weighted by molar-refractivity contribution is -0.121. The Morgan fingerprint density at radius 2 is 1.94 bits per heavy atom. The number of rotatable bonds is 5. The molecule has 1 aromatic heterocycles. The molecule has 1 atom stereocenters. The molecule has 0 bridgehead atoms. The van der Waals surface area contributed by atoms with Crippen LogP contribution in [0.15, 0.2) is 51.9 Å². The maximum atomic E-state index is 13.6. The summed E-state index contributed by atoms with van der Waals surface area (Å²) in [7, 11) is -3.79. The molecule has 10 nitrogen and oxygen atoms in total. The molecular formula is C24H27N5O5S. The monoisotopic (exact) mass is 497 g/mol. The third-order valence-corrected chi connectivity index (χ3v) is 8.17. The number of nitrogens with zero attached hydrogens (tertiary/aromatic N) is 5. The van der Waals surface area contributed by atoms with Gasteiger partial charge in [0.25, 0.3) is 5.91 Å². The number of hydrogen-bond donors (Lipinski definition) is 0. The molecule has 11 heteroatoms. The number of amides is 1. The molecule has 5 rings (SSSR count). The van der Waals surface area contributed by atoms with Crippen molar-refractivity contribution in [3.05, 3.63) is 59.7 Å². The Morgan fingerprint density at radius 1 is 1.11 bits per heavy atom. The van der Waals surface area contributed by atoms with Crippen LogP contribution in [0, 0.1) is 13.8 Å². The summed E-state index contributed by atoms with van der Waals surface area (Å²) >= 11 is 0. The predicted molar refractivity (Wildman–Crippen MR) is 129 cm³/mol. The molecule has 3 heterocycles. The van der Waals surface area contributed by atoms with Gasteiger partial charge in [0.2, 0.25) is 15.9 Å². The number of carbonyl (C=O) groups excluding carboxylic acids is 1. The van der Waals surface area contributed by atoms with E-state index in [1.165, 1.54) is 21.3 Å². The summed E-state index contributed by atoms with van der Waals surface area (Å²) in [4.78, 5) is 20.5. The minimum absolute atomic E-state index is 0.000779. The van der Waals surface area contributed by atoms with E-state index in [1.54, 1.807) is 13.0 Å². The van der Waals surface area contributed by atoms with Crippen molar-refractivity contribution in [1.82, 2.24) is 14.4 Å². The highest BCUT2D eigenvalue weighted by atomic mass is 32.2. The second kappa shape index (κ2) is 8.97. The summed E-state index contributed by atoms with van der Waals surface area (Å²) in [5.74, 6) is 0.838. The van der Waals surface area contributed by atoms with Crippen LogP contribution >= 0.6 is 0 Å². The zero-order valence-corrected chi connectivity index (χ0v) is 20.7. The molecule has 0 spiro atoms. The van der Waals surface area contributed by atoms with Crippen LogP contribution in [0.25, 0.3) is 0 Å². The van der Waals surface area contributed by atoms with E-state index in [1.807, 2.05) is 32.0 Å². The number of fused-ring (bicyclic) bond motifs is 1. The van der Waals surface area contributed by atoms with E-state index in [0.29, 0.717) is 42.8 Å². The van der Waals surface area contributed by atoms with E-state index in [0.717, 1.165) is 11.3 Å². The number of sulfonamides is 1. The van der Waals surface area contributed by atoms with E-state index in [4.69, 9.17) is 9.26 Å². The zero-order chi connectivity index (χ0) is 24.7. The van der Waals surface area contributed by atoms with Crippen LogP contribution < -0.4 is 14.5 Å². The Hall–Kier alpha value is -3.44. The molecule has 2 aromatic carbocycles. The standard InChI is InChI=1S/C24H27N5O5S/c1-16-5-4-6-19(11-16)28-10-9-27(13-17(28)2)35(31,32)20-7-8-22-21(12-20)29(24(30)15-33-22)14-23-25-18(3)34-26-23/h4-8,11-12,17H,9-10,13-15H2,1-3H3. The van der Waals surface area contributed by atoms with Crippen molar-refractivity contribution >= 4 is 27.3 Å². The van der Waals surface area contributed by atoms with Crippen LogP contribution in [0.4, 0.5) is 11.4 Å². The van der Waals surface area contributed by atoms with Gasteiger partial charge in [-0.05, 0) is 49.7 Å². The van der Waals surface area contributed by atoms with Crippen molar-refractivity contribution < 1.29 is 22.5 Å². The average molecular weight is 498 g/mol. The van der Waals surface area contributed by atoms with Crippen molar-refractivity contribution in [2.24, 2.45) is 0 Å². The summed E-state index contributed by atoms with van der Waals surface area (Å²) in [5, 5.41) is 3.86. The summed E-state index contributed by atoms with van der Waals surface area (Å²) in [6, 6.07) is 12.8. The Balaban J connectivity index is 1.39. The molecule has 3 aromatic rings. The summed E-state index contributed by atoms with van der Waals surface area (Å²) in [6.07, 6.45) is 0. The minimum atomic E-state index is -3.79. The molecule has 0 aliphatic carbocycles. The average Bonchev–Trinajstić information content (AvgIpc) is 3.25. The third kappa shape index (κ3) is 4.48. The molecule has 184 valence electrons. The molecule has 1 saturated heterocycles. The fourth-order valence-corrected chi connectivity index (χ4v) is 6.08. The second-order valence-corrected chi connectivity index (χ2v) is 10.8. The molecule has 0 radical (unpaired) electrons. The van der Waals surface area contributed by atoms with Crippen molar-refractivity contribution in [2.75, 3.05) is 36.0 Å². The predicted octanol–water partition coefficient (Wildman–Crippen LogP) is 2.51. The first-order valence-corrected chi connectivity index (χ1v) is 12.9. The van der Waals surface area contributed by atoms with E-state index in [9.17, 15) is 13.2 Å². The van der Waals surface area contributed by atoms with Crippen molar-refractivity contribution in [2.45, 2.75) is 38.3 Å². The Labute approximate surface area is 204 Å². The molecule has 35 heavy (non-hydrogen) atoms. The fourth-order valence-electron chi connectivity index (χ4n) is 4.54. The van der Waals surface area contributed by atoms with Crippen LogP contribution in [0.1, 0.15) is 24.2 Å². The number of hydrogen-bond acceptors (Lipinski definition) is 8. The van der Waals surface area contributed by atoms with Crippen molar-refractivity contribution in [3.63, 3.8) is 0 Å². The third-order valence-electron chi connectivity index (χ3n) is 6.30. The van der Waals surface area contributed by atoms with E-state index >= 15 is 0 Å². The van der Waals surface area contributed by atoms with Gasteiger partial charge in [0, 0.05) is 38.3 Å². The van der Waals surface area contributed by atoms with Gasteiger partial charge in [0.05, 0.1) is 17.1 Å². The van der Waals surface area contributed by atoms with Gasteiger partial charge in [-0.15, -0.1) is 0 Å². The first-order chi connectivity index (χ1) is 16.7. The molecule has 2 aliphatic heterocycles. The van der Waals surface area contributed by atoms with Gasteiger partial charge in [-0.1, -0.05) is 17.3 Å². The lowest BCUT2D eigenvalue weighted by Gasteiger charge is -2.40. The van der Waals surface area contributed by atoms with Crippen molar-refractivity contribution in [1.29, 1.82) is 0 Å². The van der Waals surface area contributed by atoms with Gasteiger partial charge in [-0.25, -0.2) is 8.42 Å². The molecule has 0 N–H and O–H groups in total. The van der Waals surface area contributed by atoms with Gasteiger partial charge < -0.3 is 14.2 Å². The van der Waals surface area contributed by atoms with Crippen LogP contribution in [0.3, 0.4) is 0 Å². The Kier molecular flexibility index (Phi) is 5.97. The number of piperazine rings is 1. The largest absolute Gasteiger partial charge is 0.482 e. The summed E-state index contributed by atoms with van der Waals surface area (Å²) in [5.41, 5.74) is 2.62. The van der Waals surface area contributed by atoms with E-state index in [2.05, 4.69) is 21.1 Å². The summed E-state index contributed by atoms with van der Waals surface area (Å²) < 4.78 is 39.2. The highest BCUT2D eigenvalue weighted by Gasteiger charge is 2.34. The van der Waals surface area contributed by atoms with Crippen LogP contribution in [-0.4, -0.2) is 61.1 Å². The molecule has 1 unspecified atom stereocenters. The fraction of sp³-hybridized carbons (Fsp3) is 0.375. The van der Waals surface area contributed by atoms with Gasteiger partial charge in [-0.2, -0.15) is 9.29 Å². The lowest BCUT2D eigenvalue weighted by Crippen LogP contribution is -2.53. The molecule has 0 saturated carbocycles. The number of anilines is 2. The number of carbonyl (C=O) groups is 1. The maximum Gasteiger partial charge on any atom is 0.265 e. The van der Waals surface area contributed by atoms with Gasteiger partial charge in [0.1, 0.15) is 5.75 Å². The van der Waals surface area contributed by atoms with Gasteiger partial charge >= 0.3 is 0 Å². The topological polar surface area (TPSA) is 109 Å². The van der Waals surface area contributed by atoms with Gasteiger partial charge in [0.15, 0.2) is 12.4 Å². The molecular weight excluding hydrogens is 470 g/mol. The Morgan fingerprint density at radius 3 is 2.66 bits per heavy atom. The minimum Gasteiger partial charge on any atom is -0.482 e. The van der Waals surface area contributed by atoms with Crippen LogP contribution in [0.2, 0.25) is 0 Å². The number of aryl methyl sites for hydroxylation is 2. The van der Waals surface area contributed by atoms with Crippen LogP contribution in [0.5, 0.6) is 5.75 Å². The number of aromatic nitrogens is 2. The van der Waals surface area contributed by atoms with E-state index in [-0.39, 0.29) is 30.0 Å². The van der Waals surface area contributed by atoms with Gasteiger partial charge in [-0.3, -0.25) is 9.69 Å². The quantitative estimate of drug-likeness (QED) is 0.529. The number of benzene rings is 2. The van der Waals surface area contributed by atoms with E-state index < -0.39 is 10.0 Å².